The number of morpholine rings is 1. The fraction of sp³-hybridized carbons (Fsp3) is 0.389. The highest BCUT2D eigenvalue weighted by molar-refractivity contribution is 7.13. The van der Waals surface area contributed by atoms with Gasteiger partial charge in [0.1, 0.15) is 4.88 Å². The van der Waals surface area contributed by atoms with Gasteiger partial charge in [-0.15, -0.1) is 11.3 Å². The standard InChI is InChI=1S/C18H20N2O4S/c1-11-9-20(10-14(24-11)18(22)23)17(21)16-12(2)19-15(25-16)8-13-6-4-3-5-7-13/h3-7,11,14H,8-10H2,1-2H3,(H,22,23)/t11-,14?/m1/s1. The number of thiazole rings is 1. The molecule has 1 aliphatic rings. The molecule has 25 heavy (non-hydrogen) atoms. The zero-order valence-electron chi connectivity index (χ0n) is 14.1. The number of hydrogen-bond donors (Lipinski definition) is 1. The van der Waals surface area contributed by atoms with Crippen molar-refractivity contribution >= 4 is 23.2 Å². The molecule has 1 unspecified atom stereocenters. The van der Waals surface area contributed by atoms with Crippen molar-refractivity contribution in [3.05, 3.63) is 51.5 Å². The van der Waals surface area contributed by atoms with E-state index in [0.717, 1.165) is 10.6 Å². The number of amides is 1. The van der Waals surface area contributed by atoms with Crippen LogP contribution in [0.3, 0.4) is 0 Å². The van der Waals surface area contributed by atoms with Crippen LogP contribution in [0.1, 0.15) is 32.9 Å². The number of aliphatic carboxylic acids is 1. The van der Waals surface area contributed by atoms with Gasteiger partial charge >= 0.3 is 5.97 Å². The maximum absolute atomic E-state index is 12.8. The van der Waals surface area contributed by atoms with Crippen molar-refractivity contribution in [2.24, 2.45) is 0 Å². The Kier molecular flexibility index (Phi) is 5.15. The molecule has 0 bridgehead atoms. The van der Waals surface area contributed by atoms with Gasteiger partial charge in [0, 0.05) is 13.0 Å². The number of benzene rings is 1. The number of rotatable bonds is 4. The van der Waals surface area contributed by atoms with Crippen molar-refractivity contribution < 1.29 is 19.4 Å². The smallest absolute Gasteiger partial charge is 0.334 e. The van der Waals surface area contributed by atoms with Gasteiger partial charge in [-0.05, 0) is 19.4 Å². The molecule has 1 aromatic carbocycles. The molecule has 0 spiro atoms. The zero-order chi connectivity index (χ0) is 18.0. The second-order valence-electron chi connectivity index (χ2n) is 6.17. The molecule has 2 atom stereocenters. The van der Waals surface area contributed by atoms with Gasteiger partial charge in [0.05, 0.1) is 23.4 Å². The van der Waals surface area contributed by atoms with Crippen LogP contribution in [-0.4, -0.2) is 52.2 Å². The number of carbonyl (C=O) groups is 2. The van der Waals surface area contributed by atoms with E-state index in [1.165, 1.54) is 11.3 Å². The lowest BCUT2D eigenvalue weighted by molar-refractivity contribution is -0.160. The highest BCUT2D eigenvalue weighted by atomic mass is 32.1. The summed E-state index contributed by atoms with van der Waals surface area (Å²) in [5, 5.41) is 10.1. The first-order chi connectivity index (χ1) is 11.9. The van der Waals surface area contributed by atoms with E-state index < -0.39 is 12.1 Å². The van der Waals surface area contributed by atoms with Crippen LogP contribution in [0.2, 0.25) is 0 Å². The van der Waals surface area contributed by atoms with Crippen molar-refractivity contribution in [1.82, 2.24) is 9.88 Å². The van der Waals surface area contributed by atoms with Crippen LogP contribution >= 0.6 is 11.3 Å². The van der Waals surface area contributed by atoms with Gasteiger partial charge in [0.15, 0.2) is 6.10 Å². The summed E-state index contributed by atoms with van der Waals surface area (Å²) in [5.41, 5.74) is 1.83. The van der Waals surface area contributed by atoms with Crippen molar-refractivity contribution in [3.8, 4) is 0 Å². The SMILES string of the molecule is Cc1nc(Cc2ccccc2)sc1C(=O)N1CC(C(=O)O)O[C@H](C)C1. The largest absolute Gasteiger partial charge is 0.479 e. The average molecular weight is 360 g/mol. The first kappa shape index (κ1) is 17.6. The molecule has 1 amide bonds. The molecule has 1 saturated heterocycles. The van der Waals surface area contributed by atoms with Crippen molar-refractivity contribution in [1.29, 1.82) is 0 Å². The molecule has 3 rings (SSSR count). The average Bonchev–Trinajstić information content (AvgIpc) is 2.94. The van der Waals surface area contributed by atoms with Crippen LogP contribution in [-0.2, 0) is 16.0 Å². The number of nitrogens with zero attached hydrogens (tertiary/aromatic N) is 2. The molecule has 132 valence electrons. The van der Waals surface area contributed by atoms with Gasteiger partial charge in [-0.25, -0.2) is 9.78 Å². The lowest BCUT2D eigenvalue weighted by Gasteiger charge is -2.34. The number of carbonyl (C=O) groups excluding carboxylic acids is 1. The third-order valence-corrected chi connectivity index (χ3v) is 5.20. The number of aryl methyl sites for hydroxylation is 1. The van der Waals surface area contributed by atoms with Crippen LogP contribution in [0.5, 0.6) is 0 Å². The van der Waals surface area contributed by atoms with Gasteiger partial charge in [0.25, 0.3) is 5.91 Å². The molecule has 2 aromatic rings. The summed E-state index contributed by atoms with van der Waals surface area (Å²) < 4.78 is 5.37. The van der Waals surface area contributed by atoms with Crippen LogP contribution < -0.4 is 0 Å². The van der Waals surface area contributed by atoms with E-state index >= 15 is 0 Å². The number of ether oxygens (including phenoxy) is 1. The molecular weight excluding hydrogens is 340 g/mol. The van der Waals surface area contributed by atoms with Gasteiger partial charge < -0.3 is 14.7 Å². The van der Waals surface area contributed by atoms with Crippen LogP contribution in [0.15, 0.2) is 30.3 Å². The molecule has 7 heteroatoms. The molecule has 2 heterocycles. The summed E-state index contributed by atoms with van der Waals surface area (Å²) >= 11 is 1.38. The number of aromatic nitrogens is 1. The highest BCUT2D eigenvalue weighted by Crippen LogP contribution is 2.24. The molecule has 0 aliphatic carbocycles. The molecule has 1 fully saturated rings. The predicted molar refractivity (Wildman–Crippen MR) is 94.0 cm³/mol. The molecule has 1 aliphatic heterocycles. The molecule has 1 aromatic heterocycles. The summed E-state index contributed by atoms with van der Waals surface area (Å²) in [5.74, 6) is -1.22. The van der Waals surface area contributed by atoms with Gasteiger partial charge in [-0.3, -0.25) is 4.79 Å². The van der Waals surface area contributed by atoms with Crippen molar-refractivity contribution in [3.63, 3.8) is 0 Å². The molecule has 6 nitrogen and oxygen atoms in total. The Balaban J connectivity index is 1.77. The lowest BCUT2D eigenvalue weighted by atomic mass is 10.2. The minimum atomic E-state index is -1.05. The first-order valence-electron chi connectivity index (χ1n) is 8.12. The predicted octanol–water partition coefficient (Wildman–Crippen LogP) is 2.36. The maximum atomic E-state index is 12.8. The summed E-state index contributed by atoms with van der Waals surface area (Å²) in [4.78, 5) is 30.7. The van der Waals surface area contributed by atoms with Crippen molar-refractivity contribution in [2.75, 3.05) is 13.1 Å². The normalized spacial score (nSPS) is 20.5. The summed E-state index contributed by atoms with van der Waals surface area (Å²) in [6.07, 6.45) is -0.614. The molecular formula is C18H20N2O4S. The summed E-state index contributed by atoms with van der Waals surface area (Å²) in [6.45, 7) is 4.03. The lowest BCUT2D eigenvalue weighted by Crippen LogP contribution is -2.51. The highest BCUT2D eigenvalue weighted by Gasteiger charge is 2.34. The fourth-order valence-corrected chi connectivity index (χ4v) is 3.96. The van der Waals surface area contributed by atoms with Crippen molar-refractivity contribution in [2.45, 2.75) is 32.5 Å². The maximum Gasteiger partial charge on any atom is 0.334 e. The Morgan fingerprint density at radius 2 is 2.04 bits per heavy atom. The summed E-state index contributed by atoms with van der Waals surface area (Å²) in [7, 11) is 0. The molecule has 0 saturated carbocycles. The number of carboxylic acid groups (broad SMARTS) is 1. The Hall–Kier alpha value is -2.25. The number of hydrogen-bond acceptors (Lipinski definition) is 5. The van der Waals surface area contributed by atoms with E-state index in [0.29, 0.717) is 23.5 Å². The van der Waals surface area contributed by atoms with E-state index in [9.17, 15) is 14.7 Å². The van der Waals surface area contributed by atoms with E-state index in [-0.39, 0.29) is 18.6 Å². The second-order valence-corrected chi connectivity index (χ2v) is 7.25. The van der Waals surface area contributed by atoms with Crippen LogP contribution in [0.4, 0.5) is 0 Å². The van der Waals surface area contributed by atoms with E-state index in [2.05, 4.69) is 4.98 Å². The quantitative estimate of drug-likeness (QED) is 0.905. The third kappa shape index (κ3) is 4.05. The van der Waals surface area contributed by atoms with Gasteiger partial charge in [0.2, 0.25) is 0 Å². The Morgan fingerprint density at radius 3 is 2.72 bits per heavy atom. The van der Waals surface area contributed by atoms with E-state index in [4.69, 9.17) is 4.74 Å². The number of carboxylic acids is 1. The topological polar surface area (TPSA) is 79.7 Å². The molecule has 1 N–H and O–H groups in total. The van der Waals surface area contributed by atoms with Gasteiger partial charge in [-0.2, -0.15) is 0 Å². The van der Waals surface area contributed by atoms with Crippen LogP contribution in [0, 0.1) is 6.92 Å². The Morgan fingerprint density at radius 1 is 1.32 bits per heavy atom. The van der Waals surface area contributed by atoms with Crippen LogP contribution in [0.25, 0.3) is 0 Å². The zero-order valence-corrected chi connectivity index (χ0v) is 15.0. The third-order valence-electron chi connectivity index (χ3n) is 4.06. The van der Waals surface area contributed by atoms with Gasteiger partial charge in [-0.1, -0.05) is 30.3 Å². The molecule has 0 radical (unpaired) electrons. The first-order valence-corrected chi connectivity index (χ1v) is 8.93. The second kappa shape index (κ2) is 7.33. The minimum Gasteiger partial charge on any atom is -0.479 e. The van der Waals surface area contributed by atoms with E-state index in [1.807, 2.05) is 37.3 Å². The fourth-order valence-electron chi connectivity index (χ4n) is 2.89. The van der Waals surface area contributed by atoms with E-state index in [1.54, 1.807) is 11.8 Å². The summed E-state index contributed by atoms with van der Waals surface area (Å²) in [6, 6.07) is 9.97. The Bertz CT molecular complexity index is 775. The minimum absolute atomic E-state index is 0.0594. The Labute approximate surface area is 150 Å². The monoisotopic (exact) mass is 360 g/mol.